The summed E-state index contributed by atoms with van der Waals surface area (Å²) in [5, 5.41) is 21.2. The maximum atomic E-state index is 11.3. The van der Waals surface area contributed by atoms with E-state index in [9.17, 15) is 14.7 Å². The van der Waals surface area contributed by atoms with Gasteiger partial charge >= 0.3 is 11.9 Å². The van der Waals surface area contributed by atoms with Crippen molar-refractivity contribution < 1.29 is 24.5 Å². The predicted molar refractivity (Wildman–Crippen MR) is 78.0 cm³/mol. The number of methoxy groups -OCH3 is 1. The number of ether oxygens (including phenoxy) is 1. The van der Waals surface area contributed by atoms with Gasteiger partial charge in [0.1, 0.15) is 23.9 Å². The van der Waals surface area contributed by atoms with Crippen LogP contribution in [0.15, 0.2) is 24.5 Å². The van der Waals surface area contributed by atoms with E-state index in [1.807, 2.05) is 0 Å². The zero-order chi connectivity index (χ0) is 16.1. The number of hydrogen-bond donors (Lipinski definition) is 3. The molecule has 1 aromatic carbocycles. The van der Waals surface area contributed by atoms with Gasteiger partial charge in [-0.05, 0) is 24.6 Å². The number of nitrogens with one attached hydrogen (secondary N) is 1. The molecule has 0 saturated heterocycles. The Balaban J connectivity index is 2.31. The molecular weight excluding hydrogens is 290 g/mol. The van der Waals surface area contributed by atoms with E-state index >= 15 is 0 Å². The third kappa shape index (κ3) is 3.60. The van der Waals surface area contributed by atoms with Crippen molar-refractivity contribution in [1.82, 2.24) is 9.97 Å². The molecule has 0 bridgehead atoms. The van der Waals surface area contributed by atoms with E-state index in [1.54, 1.807) is 18.2 Å². The van der Waals surface area contributed by atoms with E-state index in [2.05, 4.69) is 15.3 Å². The summed E-state index contributed by atoms with van der Waals surface area (Å²) in [6.45, 7) is 0. The fourth-order valence-electron chi connectivity index (χ4n) is 1.97. The molecule has 0 radical (unpaired) electrons. The first-order valence-corrected chi connectivity index (χ1v) is 6.51. The van der Waals surface area contributed by atoms with Crippen molar-refractivity contribution in [1.29, 1.82) is 0 Å². The highest BCUT2D eigenvalue weighted by Crippen LogP contribution is 2.25. The van der Waals surface area contributed by atoms with Crippen molar-refractivity contribution in [3.63, 3.8) is 0 Å². The van der Waals surface area contributed by atoms with Gasteiger partial charge in [-0.3, -0.25) is 4.79 Å². The van der Waals surface area contributed by atoms with Gasteiger partial charge in [-0.2, -0.15) is 0 Å². The Bertz CT molecular complexity index is 704. The number of anilines is 1. The lowest BCUT2D eigenvalue weighted by Crippen LogP contribution is -2.30. The van der Waals surface area contributed by atoms with Crippen LogP contribution in [0.25, 0.3) is 10.9 Å². The number of carbonyl (C=O) groups is 2. The smallest absolute Gasteiger partial charge is 0.326 e. The second kappa shape index (κ2) is 6.70. The Morgan fingerprint density at radius 3 is 2.73 bits per heavy atom. The topological polar surface area (TPSA) is 122 Å². The molecule has 0 aliphatic heterocycles. The molecule has 0 aliphatic rings. The zero-order valence-electron chi connectivity index (χ0n) is 11.8. The standard InChI is InChI=1S/C14H15N3O5/c1-22-8-2-3-10-9(6-8)13(16-7-15-10)17-11(14(20)21)4-5-12(18)19/h2-3,6-7,11H,4-5H2,1H3,(H,18,19)(H,20,21)(H,15,16,17). The van der Waals surface area contributed by atoms with Crippen molar-refractivity contribution in [2.45, 2.75) is 18.9 Å². The Labute approximate surface area is 125 Å². The van der Waals surface area contributed by atoms with Crippen LogP contribution in [0.4, 0.5) is 5.82 Å². The maximum Gasteiger partial charge on any atom is 0.326 e. The van der Waals surface area contributed by atoms with Gasteiger partial charge in [0.2, 0.25) is 0 Å². The van der Waals surface area contributed by atoms with Gasteiger partial charge in [-0.25, -0.2) is 14.8 Å². The van der Waals surface area contributed by atoms with Crippen LogP contribution < -0.4 is 10.1 Å². The van der Waals surface area contributed by atoms with Crippen LogP contribution in [-0.4, -0.2) is 45.3 Å². The monoisotopic (exact) mass is 305 g/mol. The zero-order valence-corrected chi connectivity index (χ0v) is 11.8. The van der Waals surface area contributed by atoms with E-state index in [0.29, 0.717) is 22.5 Å². The molecule has 0 spiro atoms. The Morgan fingerprint density at radius 2 is 2.09 bits per heavy atom. The van der Waals surface area contributed by atoms with Crippen LogP contribution in [0.2, 0.25) is 0 Å². The third-order valence-corrected chi connectivity index (χ3v) is 3.10. The van der Waals surface area contributed by atoms with Crippen LogP contribution in [-0.2, 0) is 9.59 Å². The summed E-state index contributed by atoms with van der Waals surface area (Å²) in [6.07, 6.45) is 1.00. The second-order valence-electron chi connectivity index (χ2n) is 4.57. The normalized spacial score (nSPS) is 11.9. The molecular formula is C14H15N3O5. The number of rotatable bonds is 7. The lowest BCUT2D eigenvalue weighted by atomic mass is 10.1. The van der Waals surface area contributed by atoms with Crippen molar-refractivity contribution in [3.8, 4) is 5.75 Å². The van der Waals surface area contributed by atoms with Gasteiger partial charge in [0.05, 0.1) is 12.6 Å². The molecule has 8 heteroatoms. The number of aliphatic carboxylic acids is 2. The van der Waals surface area contributed by atoms with Crippen molar-refractivity contribution in [2.75, 3.05) is 12.4 Å². The van der Waals surface area contributed by atoms with E-state index < -0.39 is 18.0 Å². The second-order valence-corrected chi connectivity index (χ2v) is 4.57. The lowest BCUT2D eigenvalue weighted by Gasteiger charge is -2.15. The molecule has 22 heavy (non-hydrogen) atoms. The highest BCUT2D eigenvalue weighted by molar-refractivity contribution is 5.91. The number of carboxylic acid groups (broad SMARTS) is 2. The lowest BCUT2D eigenvalue weighted by molar-refractivity contribution is -0.139. The predicted octanol–water partition coefficient (Wildman–Crippen LogP) is 1.37. The van der Waals surface area contributed by atoms with Crippen LogP contribution in [0.1, 0.15) is 12.8 Å². The summed E-state index contributed by atoms with van der Waals surface area (Å²) in [4.78, 5) is 30.0. The van der Waals surface area contributed by atoms with Crippen molar-refractivity contribution in [3.05, 3.63) is 24.5 Å². The molecule has 8 nitrogen and oxygen atoms in total. The largest absolute Gasteiger partial charge is 0.497 e. The van der Waals surface area contributed by atoms with Crippen LogP contribution in [0, 0.1) is 0 Å². The fraction of sp³-hybridized carbons (Fsp3) is 0.286. The maximum absolute atomic E-state index is 11.3. The number of benzene rings is 1. The van der Waals surface area contributed by atoms with Gasteiger partial charge in [0.15, 0.2) is 0 Å². The van der Waals surface area contributed by atoms with Gasteiger partial charge < -0.3 is 20.3 Å². The first-order valence-electron chi connectivity index (χ1n) is 6.51. The molecule has 1 unspecified atom stereocenters. The molecule has 116 valence electrons. The molecule has 0 aliphatic carbocycles. The first-order chi connectivity index (χ1) is 10.5. The SMILES string of the molecule is COc1ccc2ncnc(NC(CCC(=O)O)C(=O)O)c2c1. The summed E-state index contributed by atoms with van der Waals surface area (Å²) in [6, 6.07) is 4.10. The van der Waals surface area contributed by atoms with E-state index in [1.165, 1.54) is 13.4 Å². The third-order valence-electron chi connectivity index (χ3n) is 3.10. The Kier molecular flexibility index (Phi) is 4.72. The van der Waals surface area contributed by atoms with Crippen LogP contribution in [0.3, 0.4) is 0 Å². The molecule has 1 heterocycles. The van der Waals surface area contributed by atoms with Crippen LogP contribution >= 0.6 is 0 Å². The highest BCUT2D eigenvalue weighted by atomic mass is 16.5. The summed E-state index contributed by atoms with van der Waals surface area (Å²) in [5.41, 5.74) is 0.626. The van der Waals surface area contributed by atoms with E-state index in [0.717, 1.165) is 0 Å². The summed E-state index contributed by atoms with van der Waals surface area (Å²) >= 11 is 0. The minimum absolute atomic E-state index is 0.0554. The molecule has 2 rings (SSSR count). The first kappa shape index (κ1) is 15.5. The van der Waals surface area contributed by atoms with Gasteiger partial charge in [-0.15, -0.1) is 0 Å². The minimum Gasteiger partial charge on any atom is -0.497 e. The van der Waals surface area contributed by atoms with Crippen molar-refractivity contribution in [2.24, 2.45) is 0 Å². The molecule has 0 fully saturated rings. The van der Waals surface area contributed by atoms with Crippen LogP contribution in [0.5, 0.6) is 5.75 Å². The molecule has 2 aromatic rings. The number of fused-ring (bicyclic) bond motifs is 1. The van der Waals surface area contributed by atoms with Gasteiger partial charge in [0.25, 0.3) is 0 Å². The minimum atomic E-state index is -1.14. The molecule has 3 N–H and O–H groups in total. The number of nitrogens with zero attached hydrogens (tertiary/aromatic N) is 2. The molecule has 1 atom stereocenters. The average Bonchev–Trinajstić information content (AvgIpc) is 2.50. The Morgan fingerprint density at radius 1 is 1.32 bits per heavy atom. The van der Waals surface area contributed by atoms with Gasteiger partial charge in [-0.1, -0.05) is 0 Å². The van der Waals surface area contributed by atoms with E-state index in [-0.39, 0.29) is 12.8 Å². The highest BCUT2D eigenvalue weighted by Gasteiger charge is 2.20. The summed E-state index contributed by atoms with van der Waals surface area (Å²) in [7, 11) is 1.52. The van der Waals surface area contributed by atoms with Gasteiger partial charge in [0, 0.05) is 11.8 Å². The average molecular weight is 305 g/mol. The van der Waals surface area contributed by atoms with E-state index in [4.69, 9.17) is 9.84 Å². The molecule has 1 aromatic heterocycles. The number of hydrogen-bond acceptors (Lipinski definition) is 6. The quantitative estimate of drug-likeness (QED) is 0.701. The summed E-state index contributed by atoms with van der Waals surface area (Å²) < 4.78 is 5.13. The van der Waals surface area contributed by atoms with Crippen molar-refractivity contribution >= 4 is 28.7 Å². The fourth-order valence-corrected chi connectivity index (χ4v) is 1.97. The molecule has 0 amide bonds. The number of aromatic nitrogens is 2. The Hall–Kier alpha value is -2.90. The summed E-state index contributed by atoms with van der Waals surface area (Å²) in [5.74, 6) is -1.29. The molecule has 0 saturated carbocycles. The number of carboxylic acids is 2.